The van der Waals surface area contributed by atoms with Crippen LogP contribution in [0.25, 0.3) is 0 Å². The van der Waals surface area contributed by atoms with Gasteiger partial charge in [-0.3, -0.25) is 0 Å². The first-order valence-electron chi connectivity index (χ1n) is 4.78. The van der Waals surface area contributed by atoms with E-state index in [1.54, 1.807) is 0 Å². The van der Waals surface area contributed by atoms with Gasteiger partial charge in [0, 0.05) is 18.8 Å². The Morgan fingerprint density at radius 3 is 2.00 bits per heavy atom. The van der Waals surface area contributed by atoms with E-state index in [2.05, 4.69) is 39.2 Å². The van der Waals surface area contributed by atoms with E-state index in [4.69, 9.17) is 0 Å². The van der Waals surface area contributed by atoms with Crippen molar-refractivity contribution in [1.82, 2.24) is 4.90 Å². The van der Waals surface area contributed by atoms with Crippen molar-refractivity contribution in [3.63, 3.8) is 0 Å². The lowest BCUT2D eigenvalue weighted by Crippen LogP contribution is -2.22. The summed E-state index contributed by atoms with van der Waals surface area (Å²) in [6.45, 7) is 14.7. The third-order valence-electron chi connectivity index (χ3n) is 2.27. The molecule has 0 bridgehead atoms. The van der Waals surface area contributed by atoms with Gasteiger partial charge >= 0.3 is 0 Å². The summed E-state index contributed by atoms with van der Waals surface area (Å²) in [7, 11) is 0. The Morgan fingerprint density at radius 2 is 1.75 bits per heavy atom. The molecule has 0 radical (unpaired) electrons. The van der Waals surface area contributed by atoms with Crippen molar-refractivity contribution in [2.24, 2.45) is 0 Å². The van der Waals surface area contributed by atoms with E-state index in [0.29, 0.717) is 0 Å². The van der Waals surface area contributed by atoms with E-state index >= 15 is 0 Å². The van der Waals surface area contributed by atoms with E-state index in [0.717, 1.165) is 19.5 Å². The van der Waals surface area contributed by atoms with Gasteiger partial charge in [0.05, 0.1) is 0 Å². The van der Waals surface area contributed by atoms with E-state index in [9.17, 15) is 0 Å². The van der Waals surface area contributed by atoms with Gasteiger partial charge in [-0.1, -0.05) is 19.1 Å². The monoisotopic (exact) mass is 167 g/mol. The highest BCUT2D eigenvalue weighted by atomic mass is 15.1. The molecule has 70 valence electrons. The van der Waals surface area contributed by atoms with E-state index in [1.165, 1.54) is 11.3 Å². The van der Waals surface area contributed by atoms with E-state index in [-0.39, 0.29) is 0 Å². The minimum Gasteiger partial charge on any atom is -0.372 e. The molecule has 0 atom stereocenters. The summed E-state index contributed by atoms with van der Waals surface area (Å²) in [5.74, 6) is 0. The van der Waals surface area contributed by atoms with Crippen LogP contribution in [0.3, 0.4) is 0 Å². The number of nitrogens with zero attached hydrogens (tertiary/aromatic N) is 1. The van der Waals surface area contributed by atoms with Crippen LogP contribution in [0, 0.1) is 0 Å². The second kappa shape index (κ2) is 5.87. The van der Waals surface area contributed by atoms with Crippen molar-refractivity contribution in [3.8, 4) is 0 Å². The Labute approximate surface area is 76.8 Å². The van der Waals surface area contributed by atoms with Gasteiger partial charge in [-0.15, -0.1) is 0 Å². The molecule has 0 N–H and O–H groups in total. The van der Waals surface area contributed by atoms with Crippen molar-refractivity contribution in [1.29, 1.82) is 0 Å². The lowest BCUT2D eigenvalue weighted by atomic mass is 10.1. The number of allylic oxidation sites excluding steroid dienone is 2. The molecule has 0 aliphatic rings. The van der Waals surface area contributed by atoms with Gasteiger partial charge in [-0.05, 0) is 33.3 Å². The third-order valence-corrected chi connectivity index (χ3v) is 2.27. The Bertz CT molecular complexity index is 164. The maximum Gasteiger partial charge on any atom is 0.0349 e. The van der Waals surface area contributed by atoms with Gasteiger partial charge in [0.25, 0.3) is 0 Å². The highest BCUT2D eigenvalue weighted by molar-refractivity contribution is 5.21. The molecule has 0 rings (SSSR count). The second-order valence-electron chi connectivity index (χ2n) is 2.90. The van der Waals surface area contributed by atoms with Gasteiger partial charge in [0.2, 0.25) is 0 Å². The standard InChI is InChI=1S/C11H21N/c1-6-10(5)11(7-2)12(8-3)9-4/h7H,2,6,8-9H2,1,3-5H3/b11-10-. The second-order valence-corrected chi connectivity index (χ2v) is 2.90. The first kappa shape index (κ1) is 11.3. The quantitative estimate of drug-likeness (QED) is 0.568. The summed E-state index contributed by atoms with van der Waals surface area (Å²) < 4.78 is 0. The van der Waals surface area contributed by atoms with Crippen LogP contribution in [0.5, 0.6) is 0 Å². The molecule has 0 aromatic rings. The molecule has 0 fully saturated rings. The fraction of sp³-hybridized carbons (Fsp3) is 0.636. The van der Waals surface area contributed by atoms with Crippen LogP contribution in [-0.4, -0.2) is 18.0 Å². The van der Waals surface area contributed by atoms with Crippen LogP contribution < -0.4 is 0 Å². The summed E-state index contributed by atoms with van der Waals surface area (Å²) in [4.78, 5) is 2.34. The predicted molar refractivity (Wildman–Crippen MR) is 56.1 cm³/mol. The number of hydrogen-bond donors (Lipinski definition) is 0. The van der Waals surface area contributed by atoms with Gasteiger partial charge in [-0.25, -0.2) is 0 Å². The normalized spacial score (nSPS) is 12.3. The Morgan fingerprint density at radius 1 is 1.25 bits per heavy atom. The van der Waals surface area contributed by atoms with Crippen LogP contribution in [-0.2, 0) is 0 Å². The van der Waals surface area contributed by atoms with Crippen LogP contribution in [0.2, 0.25) is 0 Å². The van der Waals surface area contributed by atoms with Gasteiger partial charge in [-0.2, -0.15) is 0 Å². The van der Waals surface area contributed by atoms with Gasteiger partial charge < -0.3 is 4.90 Å². The highest BCUT2D eigenvalue weighted by Crippen LogP contribution is 2.13. The number of rotatable bonds is 5. The maximum absolute atomic E-state index is 3.85. The third kappa shape index (κ3) is 2.72. The Balaban J connectivity index is 4.62. The molecule has 0 spiro atoms. The Hall–Kier alpha value is -0.720. The zero-order chi connectivity index (χ0) is 9.56. The van der Waals surface area contributed by atoms with Crippen molar-refractivity contribution in [2.75, 3.05) is 13.1 Å². The molecule has 1 heteroatoms. The summed E-state index contributed by atoms with van der Waals surface area (Å²) in [6, 6.07) is 0. The van der Waals surface area contributed by atoms with Gasteiger partial charge in [0.15, 0.2) is 0 Å². The van der Waals surface area contributed by atoms with Crippen molar-refractivity contribution in [3.05, 3.63) is 23.9 Å². The van der Waals surface area contributed by atoms with Crippen LogP contribution in [0.15, 0.2) is 23.9 Å². The van der Waals surface area contributed by atoms with Crippen molar-refractivity contribution in [2.45, 2.75) is 34.1 Å². The van der Waals surface area contributed by atoms with Crippen molar-refractivity contribution >= 4 is 0 Å². The molecule has 0 aliphatic carbocycles. The van der Waals surface area contributed by atoms with E-state index < -0.39 is 0 Å². The van der Waals surface area contributed by atoms with E-state index in [1.807, 2.05) is 6.08 Å². The zero-order valence-corrected chi connectivity index (χ0v) is 8.85. The van der Waals surface area contributed by atoms with Gasteiger partial charge in [0.1, 0.15) is 0 Å². The van der Waals surface area contributed by atoms with Crippen LogP contribution in [0.4, 0.5) is 0 Å². The molecule has 0 heterocycles. The summed E-state index contributed by atoms with van der Waals surface area (Å²) in [6.07, 6.45) is 3.07. The smallest absolute Gasteiger partial charge is 0.0349 e. The first-order valence-corrected chi connectivity index (χ1v) is 4.78. The molecule has 0 unspecified atom stereocenters. The lowest BCUT2D eigenvalue weighted by molar-refractivity contribution is 0.389. The highest BCUT2D eigenvalue weighted by Gasteiger charge is 2.03. The largest absolute Gasteiger partial charge is 0.372 e. The molecule has 12 heavy (non-hydrogen) atoms. The number of likely N-dealkylation sites (N-methyl/N-ethyl adjacent to an activating group) is 1. The Kier molecular flexibility index (Phi) is 5.52. The fourth-order valence-electron chi connectivity index (χ4n) is 1.32. The summed E-state index contributed by atoms with van der Waals surface area (Å²) in [5.41, 5.74) is 2.73. The SMILES string of the molecule is C=C/C(=C(\C)CC)N(CC)CC. The van der Waals surface area contributed by atoms with Crippen molar-refractivity contribution < 1.29 is 0 Å². The minimum atomic E-state index is 1.06. The lowest BCUT2D eigenvalue weighted by Gasteiger charge is -2.24. The average molecular weight is 167 g/mol. The maximum atomic E-state index is 3.85. The van der Waals surface area contributed by atoms with Crippen LogP contribution >= 0.6 is 0 Å². The molecular weight excluding hydrogens is 146 g/mol. The number of hydrogen-bond acceptors (Lipinski definition) is 1. The molecule has 0 saturated heterocycles. The topological polar surface area (TPSA) is 3.24 Å². The van der Waals surface area contributed by atoms with Crippen LogP contribution in [0.1, 0.15) is 34.1 Å². The zero-order valence-electron chi connectivity index (χ0n) is 8.85. The predicted octanol–water partition coefficient (Wildman–Crippen LogP) is 3.20. The fourth-order valence-corrected chi connectivity index (χ4v) is 1.32. The molecule has 0 aliphatic heterocycles. The summed E-state index contributed by atoms with van der Waals surface area (Å²) in [5, 5.41) is 0. The molecular formula is C11H21N. The summed E-state index contributed by atoms with van der Waals surface area (Å²) >= 11 is 0. The molecule has 0 aromatic carbocycles. The average Bonchev–Trinajstić information content (AvgIpc) is 2.12. The first-order chi connectivity index (χ1) is 5.71. The molecule has 0 aromatic heterocycles. The molecule has 1 nitrogen and oxygen atoms in total. The molecule has 0 saturated carbocycles. The minimum absolute atomic E-state index is 1.06. The molecule has 0 amide bonds.